The minimum atomic E-state index is -0.660. The first-order valence-electron chi connectivity index (χ1n) is 9.22. The van der Waals surface area contributed by atoms with Crippen LogP contribution < -0.4 is 16.6 Å². The van der Waals surface area contributed by atoms with Crippen molar-refractivity contribution in [1.29, 1.82) is 0 Å². The molecule has 1 heterocycles. The van der Waals surface area contributed by atoms with E-state index in [4.69, 9.17) is 4.74 Å². The Labute approximate surface area is 172 Å². The Balaban J connectivity index is 1.67. The normalized spacial score (nSPS) is 10.5. The van der Waals surface area contributed by atoms with Crippen LogP contribution in [0.3, 0.4) is 0 Å². The van der Waals surface area contributed by atoms with Crippen molar-refractivity contribution >= 4 is 17.7 Å². The molecule has 1 aromatic heterocycles. The second kappa shape index (κ2) is 9.04. The van der Waals surface area contributed by atoms with Gasteiger partial charge in [0.1, 0.15) is 5.82 Å². The zero-order valence-electron chi connectivity index (χ0n) is 16.6. The van der Waals surface area contributed by atoms with Gasteiger partial charge in [0.05, 0.1) is 5.56 Å². The molecule has 0 spiro atoms. The molecule has 1 amide bonds. The number of carbonyl (C=O) groups is 2. The number of hydrogen-bond donors (Lipinski definition) is 1. The molecule has 0 bridgehead atoms. The number of hydrogen-bond acceptors (Lipinski definition) is 5. The largest absolute Gasteiger partial charge is 0.452 e. The lowest BCUT2D eigenvalue weighted by molar-refractivity contribution is -0.119. The fourth-order valence-corrected chi connectivity index (χ4v) is 2.93. The maximum absolute atomic E-state index is 12.5. The lowest BCUT2D eigenvalue weighted by atomic mass is 10.00. The molecule has 0 aliphatic heterocycles. The maximum atomic E-state index is 12.5. The molecule has 0 aliphatic carbocycles. The van der Waals surface area contributed by atoms with Crippen LogP contribution in [0.2, 0.25) is 0 Å². The SMILES string of the molecule is Cn1c(NC(=O)COC(=O)c2ccccc2Cc2ccccc2)cc(=O)n(C)c1=O. The van der Waals surface area contributed by atoms with Crippen LogP contribution in [0.15, 0.2) is 70.3 Å². The summed E-state index contributed by atoms with van der Waals surface area (Å²) < 4.78 is 7.18. The van der Waals surface area contributed by atoms with Crippen molar-refractivity contribution in [1.82, 2.24) is 9.13 Å². The quantitative estimate of drug-likeness (QED) is 0.624. The second-order valence-electron chi connectivity index (χ2n) is 6.71. The minimum absolute atomic E-state index is 0.0219. The highest BCUT2D eigenvalue weighted by Gasteiger charge is 2.15. The number of benzene rings is 2. The number of carbonyl (C=O) groups excluding carboxylic acids is 2. The molecule has 0 unspecified atom stereocenters. The van der Waals surface area contributed by atoms with E-state index >= 15 is 0 Å². The molecule has 8 heteroatoms. The van der Waals surface area contributed by atoms with Crippen LogP contribution in [0.1, 0.15) is 21.5 Å². The number of nitrogens with one attached hydrogen (secondary N) is 1. The fraction of sp³-hybridized carbons (Fsp3) is 0.182. The zero-order chi connectivity index (χ0) is 21.7. The number of anilines is 1. The lowest BCUT2D eigenvalue weighted by Crippen LogP contribution is -2.38. The predicted molar refractivity (Wildman–Crippen MR) is 112 cm³/mol. The molecule has 0 radical (unpaired) electrons. The van der Waals surface area contributed by atoms with Crippen LogP contribution >= 0.6 is 0 Å². The van der Waals surface area contributed by atoms with Gasteiger partial charge < -0.3 is 10.1 Å². The van der Waals surface area contributed by atoms with Gasteiger partial charge in [-0.1, -0.05) is 48.5 Å². The van der Waals surface area contributed by atoms with Crippen LogP contribution in [0.25, 0.3) is 0 Å². The Morgan fingerprint density at radius 3 is 2.33 bits per heavy atom. The first-order valence-corrected chi connectivity index (χ1v) is 9.22. The van der Waals surface area contributed by atoms with Gasteiger partial charge in [0.15, 0.2) is 6.61 Å². The number of esters is 1. The maximum Gasteiger partial charge on any atom is 0.338 e. The summed E-state index contributed by atoms with van der Waals surface area (Å²) in [7, 11) is 2.76. The minimum Gasteiger partial charge on any atom is -0.452 e. The third-order valence-electron chi connectivity index (χ3n) is 4.60. The summed E-state index contributed by atoms with van der Waals surface area (Å²) in [5.41, 5.74) is 1.06. The van der Waals surface area contributed by atoms with Gasteiger partial charge in [-0.15, -0.1) is 0 Å². The number of amides is 1. The van der Waals surface area contributed by atoms with Gasteiger partial charge in [-0.3, -0.25) is 18.7 Å². The van der Waals surface area contributed by atoms with E-state index in [9.17, 15) is 19.2 Å². The number of ether oxygens (including phenoxy) is 1. The van der Waals surface area contributed by atoms with Crippen molar-refractivity contribution in [3.8, 4) is 0 Å². The molecule has 0 fully saturated rings. The molecule has 1 N–H and O–H groups in total. The van der Waals surface area contributed by atoms with Gasteiger partial charge in [0.2, 0.25) is 0 Å². The second-order valence-corrected chi connectivity index (χ2v) is 6.71. The highest BCUT2D eigenvalue weighted by Crippen LogP contribution is 2.15. The summed E-state index contributed by atoms with van der Waals surface area (Å²) in [4.78, 5) is 48.4. The van der Waals surface area contributed by atoms with E-state index < -0.39 is 29.7 Å². The summed E-state index contributed by atoms with van der Waals surface area (Å²) in [6, 6.07) is 17.8. The number of aromatic nitrogens is 2. The Morgan fingerprint density at radius 1 is 0.933 bits per heavy atom. The summed E-state index contributed by atoms with van der Waals surface area (Å²) in [6.45, 7) is -0.554. The molecule has 0 saturated heterocycles. The van der Waals surface area contributed by atoms with Crippen molar-refractivity contribution in [2.24, 2.45) is 14.1 Å². The highest BCUT2D eigenvalue weighted by molar-refractivity contribution is 5.95. The topological polar surface area (TPSA) is 99.4 Å². The van der Waals surface area contributed by atoms with Crippen molar-refractivity contribution in [3.63, 3.8) is 0 Å². The number of rotatable bonds is 6. The van der Waals surface area contributed by atoms with Gasteiger partial charge in [-0.25, -0.2) is 9.59 Å². The van der Waals surface area contributed by atoms with Crippen LogP contribution in [-0.4, -0.2) is 27.6 Å². The standard InChI is InChI=1S/C22H21N3O5/c1-24-18(13-20(27)25(2)22(24)29)23-19(26)14-30-21(28)17-11-7-6-10-16(17)12-15-8-4-3-5-9-15/h3-11,13H,12,14H2,1-2H3,(H,23,26). The van der Waals surface area contributed by atoms with Crippen molar-refractivity contribution in [2.75, 3.05) is 11.9 Å². The molecule has 0 aliphatic rings. The molecular weight excluding hydrogens is 386 g/mol. The summed E-state index contributed by atoms with van der Waals surface area (Å²) in [5.74, 6) is -1.27. The average Bonchev–Trinajstić information content (AvgIpc) is 2.75. The Bertz CT molecular complexity index is 1200. The molecular formula is C22H21N3O5. The van der Waals surface area contributed by atoms with Gasteiger partial charge in [-0.05, 0) is 23.6 Å². The monoisotopic (exact) mass is 407 g/mol. The van der Waals surface area contributed by atoms with Crippen LogP contribution in [0.4, 0.5) is 5.82 Å². The Morgan fingerprint density at radius 2 is 1.60 bits per heavy atom. The molecule has 3 rings (SSSR count). The zero-order valence-corrected chi connectivity index (χ0v) is 16.6. The van der Waals surface area contributed by atoms with Gasteiger partial charge in [0, 0.05) is 20.2 Å². The fourth-order valence-electron chi connectivity index (χ4n) is 2.93. The molecule has 0 saturated carbocycles. The Kier molecular flexibility index (Phi) is 6.26. The third kappa shape index (κ3) is 4.72. The molecule has 2 aromatic carbocycles. The van der Waals surface area contributed by atoms with E-state index in [0.717, 1.165) is 26.3 Å². The van der Waals surface area contributed by atoms with Crippen LogP contribution in [-0.2, 0) is 30.0 Å². The van der Waals surface area contributed by atoms with Crippen LogP contribution in [0.5, 0.6) is 0 Å². The van der Waals surface area contributed by atoms with E-state index in [1.165, 1.54) is 14.1 Å². The first-order chi connectivity index (χ1) is 14.4. The van der Waals surface area contributed by atoms with E-state index in [-0.39, 0.29) is 5.82 Å². The van der Waals surface area contributed by atoms with Gasteiger partial charge >= 0.3 is 11.7 Å². The first kappa shape index (κ1) is 20.8. The van der Waals surface area contributed by atoms with Crippen LogP contribution in [0, 0.1) is 0 Å². The van der Waals surface area contributed by atoms with E-state index in [2.05, 4.69) is 5.32 Å². The molecule has 30 heavy (non-hydrogen) atoms. The van der Waals surface area contributed by atoms with Gasteiger partial charge in [-0.2, -0.15) is 0 Å². The van der Waals surface area contributed by atoms with Crippen molar-refractivity contribution in [2.45, 2.75) is 6.42 Å². The lowest BCUT2D eigenvalue weighted by Gasteiger charge is -2.12. The Hall–Kier alpha value is -3.94. The van der Waals surface area contributed by atoms with Gasteiger partial charge in [0.25, 0.3) is 11.5 Å². The molecule has 3 aromatic rings. The summed E-state index contributed by atoms with van der Waals surface area (Å²) in [5, 5.41) is 2.41. The average molecular weight is 407 g/mol. The molecule has 0 atom stereocenters. The number of nitrogens with zero attached hydrogens (tertiary/aromatic N) is 2. The van der Waals surface area contributed by atoms with E-state index in [1.54, 1.807) is 12.1 Å². The van der Waals surface area contributed by atoms with Crippen molar-refractivity contribution in [3.05, 3.63) is 98.2 Å². The summed E-state index contributed by atoms with van der Waals surface area (Å²) >= 11 is 0. The van der Waals surface area contributed by atoms with E-state index in [0.29, 0.717) is 12.0 Å². The highest BCUT2D eigenvalue weighted by atomic mass is 16.5. The van der Waals surface area contributed by atoms with E-state index in [1.807, 2.05) is 42.5 Å². The summed E-state index contributed by atoms with van der Waals surface area (Å²) in [6.07, 6.45) is 0.549. The molecule has 8 nitrogen and oxygen atoms in total. The van der Waals surface area contributed by atoms with Crippen molar-refractivity contribution < 1.29 is 14.3 Å². The molecule has 154 valence electrons. The third-order valence-corrected chi connectivity index (χ3v) is 4.60. The smallest absolute Gasteiger partial charge is 0.338 e. The predicted octanol–water partition coefficient (Wildman–Crippen LogP) is 1.47.